The molecule has 6 nitrogen and oxygen atoms in total. The second kappa shape index (κ2) is 6.09. The van der Waals surface area contributed by atoms with Crippen LogP contribution in [0.3, 0.4) is 0 Å². The van der Waals surface area contributed by atoms with Gasteiger partial charge in [0.1, 0.15) is 0 Å². The zero-order valence-corrected chi connectivity index (χ0v) is 14.4. The molecule has 0 aliphatic heterocycles. The van der Waals surface area contributed by atoms with Crippen molar-refractivity contribution >= 4 is 15.7 Å². The second-order valence-corrected chi connectivity index (χ2v) is 7.25. The van der Waals surface area contributed by atoms with Crippen LogP contribution in [0.25, 0.3) is 11.4 Å². The van der Waals surface area contributed by atoms with Gasteiger partial charge in [0, 0.05) is 18.2 Å². The van der Waals surface area contributed by atoms with E-state index in [9.17, 15) is 8.42 Å². The summed E-state index contributed by atoms with van der Waals surface area (Å²) in [5.74, 6) is 0.780. The number of aromatic nitrogens is 2. The van der Waals surface area contributed by atoms with Crippen LogP contribution >= 0.6 is 0 Å². The molecule has 1 aromatic heterocycles. The molecule has 1 heterocycles. The SMILES string of the molecule is Cc1nc(-c2cccc(S(=O)(=O)Nc3ccc(C)c(C)c3)c2)no1. The lowest BCUT2D eigenvalue weighted by Crippen LogP contribution is -2.13. The predicted octanol–water partition coefficient (Wildman–Crippen LogP) is 3.46. The minimum absolute atomic E-state index is 0.140. The fourth-order valence-corrected chi connectivity index (χ4v) is 3.33. The van der Waals surface area contributed by atoms with Crippen LogP contribution in [0.4, 0.5) is 5.69 Å². The van der Waals surface area contributed by atoms with Gasteiger partial charge in [0.2, 0.25) is 11.7 Å². The number of sulfonamides is 1. The Hall–Kier alpha value is -2.67. The number of aryl methyl sites for hydroxylation is 3. The lowest BCUT2D eigenvalue weighted by molar-refractivity contribution is 0.394. The third kappa shape index (κ3) is 3.30. The van der Waals surface area contributed by atoms with Gasteiger partial charge in [-0.05, 0) is 49.2 Å². The van der Waals surface area contributed by atoms with Gasteiger partial charge in [0.15, 0.2) is 0 Å². The maximum Gasteiger partial charge on any atom is 0.261 e. The fourth-order valence-electron chi connectivity index (χ4n) is 2.24. The minimum Gasteiger partial charge on any atom is -0.339 e. The number of hydrogen-bond acceptors (Lipinski definition) is 5. The van der Waals surface area contributed by atoms with Crippen LogP contribution < -0.4 is 4.72 Å². The number of benzene rings is 2. The quantitative estimate of drug-likeness (QED) is 0.784. The third-order valence-electron chi connectivity index (χ3n) is 3.69. The van der Waals surface area contributed by atoms with E-state index in [1.807, 2.05) is 19.9 Å². The van der Waals surface area contributed by atoms with Crippen LogP contribution in [0, 0.1) is 20.8 Å². The Morgan fingerprint density at radius 1 is 1.00 bits per heavy atom. The lowest BCUT2D eigenvalue weighted by Gasteiger charge is -2.10. The molecule has 0 fully saturated rings. The molecule has 124 valence electrons. The van der Waals surface area contributed by atoms with Crippen molar-refractivity contribution in [3.8, 4) is 11.4 Å². The molecule has 3 aromatic rings. The summed E-state index contributed by atoms with van der Waals surface area (Å²) in [6.07, 6.45) is 0. The van der Waals surface area contributed by atoms with E-state index in [0.29, 0.717) is 23.0 Å². The largest absolute Gasteiger partial charge is 0.339 e. The highest BCUT2D eigenvalue weighted by Crippen LogP contribution is 2.23. The highest BCUT2D eigenvalue weighted by atomic mass is 32.2. The molecule has 0 aliphatic carbocycles. The Morgan fingerprint density at radius 3 is 2.46 bits per heavy atom. The number of rotatable bonds is 4. The lowest BCUT2D eigenvalue weighted by atomic mass is 10.1. The zero-order valence-electron chi connectivity index (χ0n) is 13.6. The first-order valence-electron chi connectivity index (χ1n) is 7.36. The minimum atomic E-state index is -3.70. The Kier molecular flexibility index (Phi) is 4.11. The molecule has 0 unspecified atom stereocenters. The van der Waals surface area contributed by atoms with E-state index in [-0.39, 0.29) is 4.90 Å². The third-order valence-corrected chi connectivity index (χ3v) is 5.07. The van der Waals surface area contributed by atoms with Crippen molar-refractivity contribution in [1.82, 2.24) is 10.1 Å². The van der Waals surface area contributed by atoms with Crippen LogP contribution in [0.5, 0.6) is 0 Å². The standard InChI is InChI=1S/C17H17N3O3S/c1-11-7-8-15(9-12(11)2)20-24(21,22)16-6-4-5-14(10-16)17-18-13(3)23-19-17/h4-10,20H,1-3H3. The highest BCUT2D eigenvalue weighted by molar-refractivity contribution is 7.92. The van der Waals surface area contributed by atoms with Gasteiger partial charge in [-0.1, -0.05) is 23.4 Å². The summed E-state index contributed by atoms with van der Waals surface area (Å²) in [7, 11) is -3.70. The van der Waals surface area contributed by atoms with Crippen molar-refractivity contribution < 1.29 is 12.9 Å². The van der Waals surface area contributed by atoms with Crippen LogP contribution in [0.2, 0.25) is 0 Å². The van der Waals surface area contributed by atoms with Crippen LogP contribution in [-0.2, 0) is 10.0 Å². The van der Waals surface area contributed by atoms with Gasteiger partial charge in [-0.3, -0.25) is 4.72 Å². The number of hydrogen-bond donors (Lipinski definition) is 1. The Morgan fingerprint density at radius 2 is 1.79 bits per heavy atom. The zero-order chi connectivity index (χ0) is 17.3. The average molecular weight is 343 g/mol. The topological polar surface area (TPSA) is 85.1 Å². The van der Waals surface area contributed by atoms with E-state index in [2.05, 4.69) is 14.9 Å². The summed E-state index contributed by atoms with van der Waals surface area (Å²) >= 11 is 0. The molecule has 2 aromatic carbocycles. The molecule has 7 heteroatoms. The first-order valence-corrected chi connectivity index (χ1v) is 8.84. The first-order chi connectivity index (χ1) is 11.3. The molecule has 0 atom stereocenters. The summed E-state index contributed by atoms with van der Waals surface area (Å²) < 4.78 is 32.8. The Bertz CT molecular complexity index is 994. The number of anilines is 1. The van der Waals surface area contributed by atoms with Crippen molar-refractivity contribution in [2.24, 2.45) is 0 Å². The van der Waals surface area contributed by atoms with Crippen molar-refractivity contribution in [3.05, 3.63) is 59.5 Å². The van der Waals surface area contributed by atoms with E-state index in [1.165, 1.54) is 12.1 Å². The molecule has 0 bridgehead atoms. The second-order valence-electron chi connectivity index (χ2n) is 5.57. The molecular formula is C17H17N3O3S. The molecule has 0 saturated heterocycles. The van der Waals surface area contributed by atoms with Gasteiger partial charge in [-0.15, -0.1) is 0 Å². The van der Waals surface area contributed by atoms with E-state index >= 15 is 0 Å². The molecule has 24 heavy (non-hydrogen) atoms. The van der Waals surface area contributed by atoms with E-state index in [4.69, 9.17) is 4.52 Å². The fraction of sp³-hybridized carbons (Fsp3) is 0.176. The van der Waals surface area contributed by atoms with E-state index in [0.717, 1.165) is 11.1 Å². The maximum absolute atomic E-state index is 12.6. The number of nitrogens with one attached hydrogen (secondary N) is 1. The summed E-state index contributed by atoms with van der Waals surface area (Å²) in [6.45, 7) is 5.59. The molecule has 0 spiro atoms. The molecule has 0 radical (unpaired) electrons. The van der Waals surface area contributed by atoms with Gasteiger partial charge >= 0.3 is 0 Å². The Balaban J connectivity index is 1.93. The maximum atomic E-state index is 12.6. The highest BCUT2D eigenvalue weighted by Gasteiger charge is 2.16. The van der Waals surface area contributed by atoms with Crippen LogP contribution in [0.15, 0.2) is 51.9 Å². The van der Waals surface area contributed by atoms with Crippen LogP contribution in [0.1, 0.15) is 17.0 Å². The van der Waals surface area contributed by atoms with Gasteiger partial charge < -0.3 is 4.52 Å². The Labute approximate surface area is 140 Å². The first kappa shape index (κ1) is 16.2. The van der Waals surface area contributed by atoms with Gasteiger partial charge in [-0.2, -0.15) is 4.98 Å². The monoisotopic (exact) mass is 343 g/mol. The smallest absolute Gasteiger partial charge is 0.261 e. The van der Waals surface area contributed by atoms with E-state index in [1.54, 1.807) is 31.2 Å². The van der Waals surface area contributed by atoms with Crippen LogP contribution in [-0.4, -0.2) is 18.6 Å². The van der Waals surface area contributed by atoms with Crippen molar-refractivity contribution in [2.45, 2.75) is 25.7 Å². The normalized spacial score (nSPS) is 11.5. The summed E-state index contributed by atoms with van der Waals surface area (Å²) in [5.41, 5.74) is 3.23. The predicted molar refractivity (Wildman–Crippen MR) is 91.2 cm³/mol. The van der Waals surface area contributed by atoms with Gasteiger partial charge in [0.25, 0.3) is 10.0 Å². The molecule has 0 aliphatic rings. The average Bonchev–Trinajstić information content (AvgIpc) is 2.97. The molecule has 3 rings (SSSR count). The molecular weight excluding hydrogens is 326 g/mol. The molecule has 0 amide bonds. The summed E-state index contributed by atoms with van der Waals surface area (Å²) in [5, 5.41) is 3.81. The summed E-state index contributed by atoms with van der Waals surface area (Å²) in [6, 6.07) is 11.9. The van der Waals surface area contributed by atoms with Crippen molar-refractivity contribution in [3.63, 3.8) is 0 Å². The molecule has 1 N–H and O–H groups in total. The summed E-state index contributed by atoms with van der Waals surface area (Å²) in [4.78, 5) is 4.26. The number of nitrogens with zero attached hydrogens (tertiary/aromatic N) is 2. The molecule has 0 saturated carbocycles. The van der Waals surface area contributed by atoms with Crippen molar-refractivity contribution in [2.75, 3.05) is 4.72 Å². The van der Waals surface area contributed by atoms with Gasteiger partial charge in [-0.25, -0.2) is 8.42 Å². The van der Waals surface area contributed by atoms with Gasteiger partial charge in [0.05, 0.1) is 4.90 Å². The van der Waals surface area contributed by atoms with Crippen molar-refractivity contribution in [1.29, 1.82) is 0 Å². The van der Waals surface area contributed by atoms with E-state index < -0.39 is 10.0 Å².